The first-order valence-electron chi connectivity index (χ1n) is 8.37. The van der Waals surface area contributed by atoms with E-state index in [0.29, 0.717) is 12.1 Å². The molecule has 5 heteroatoms. The van der Waals surface area contributed by atoms with Crippen LogP contribution in [0.5, 0.6) is 0 Å². The number of hydrogen-bond donors (Lipinski definition) is 2. The van der Waals surface area contributed by atoms with Crippen LogP contribution in [0.25, 0.3) is 0 Å². The van der Waals surface area contributed by atoms with Crippen molar-refractivity contribution < 1.29 is 14.7 Å². The number of carbonyl (C=O) groups is 2. The van der Waals surface area contributed by atoms with Crippen molar-refractivity contribution in [3.05, 3.63) is 71.3 Å². The molecule has 0 saturated carbocycles. The molecule has 5 nitrogen and oxygen atoms in total. The molecule has 25 heavy (non-hydrogen) atoms. The smallest absolute Gasteiger partial charge is 0.317 e. The number of rotatable bonds is 8. The Morgan fingerprint density at radius 1 is 1.04 bits per heavy atom. The normalized spacial score (nSPS) is 10.3. The lowest BCUT2D eigenvalue weighted by atomic mass is 10.1. The van der Waals surface area contributed by atoms with Gasteiger partial charge in [0.15, 0.2) is 5.78 Å². The Kier molecular flexibility index (Phi) is 7.16. The van der Waals surface area contributed by atoms with E-state index in [1.54, 1.807) is 12.1 Å². The van der Waals surface area contributed by atoms with Gasteiger partial charge in [-0.05, 0) is 12.5 Å². The number of carbonyl (C=O) groups excluding carboxylic acids is 2. The number of ketones is 1. The summed E-state index contributed by atoms with van der Waals surface area (Å²) in [5, 5.41) is 11.9. The maximum atomic E-state index is 12.3. The lowest BCUT2D eigenvalue weighted by molar-refractivity contribution is 0.0982. The lowest BCUT2D eigenvalue weighted by Gasteiger charge is -2.22. The first kappa shape index (κ1) is 18.7. The Bertz CT molecular complexity index is 684. The molecule has 0 aliphatic carbocycles. The third kappa shape index (κ3) is 6.04. The number of nitrogens with zero attached hydrogens (tertiary/aromatic N) is 1. The molecule has 2 aromatic rings. The van der Waals surface area contributed by atoms with Crippen LogP contribution in [-0.2, 0) is 6.54 Å². The monoisotopic (exact) mass is 340 g/mol. The summed E-state index contributed by atoms with van der Waals surface area (Å²) >= 11 is 0. The number of aliphatic hydroxyl groups is 1. The van der Waals surface area contributed by atoms with E-state index in [9.17, 15) is 14.7 Å². The zero-order valence-electron chi connectivity index (χ0n) is 14.4. The maximum absolute atomic E-state index is 12.3. The van der Waals surface area contributed by atoms with E-state index in [0.717, 1.165) is 11.1 Å². The summed E-state index contributed by atoms with van der Waals surface area (Å²) in [6.07, 6.45) is 0.243. The minimum absolute atomic E-state index is 0.00272. The van der Waals surface area contributed by atoms with Gasteiger partial charge in [-0.1, -0.05) is 60.2 Å². The topological polar surface area (TPSA) is 69.6 Å². The third-order valence-corrected chi connectivity index (χ3v) is 3.88. The summed E-state index contributed by atoms with van der Waals surface area (Å²) < 4.78 is 0. The van der Waals surface area contributed by atoms with Crippen molar-refractivity contribution in [3.8, 4) is 0 Å². The summed E-state index contributed by atoms with van der Waals surface area (Å²) in [7, 11) is 0. The number of amides is 2. The van der Waals surface area contributed by atoms with Gasteiger partial charge in [-0.3, -0.25) is 4.79 Å². The molecule has 2 N–H and O–H groups in total. The van der Waals surface area contributed by atoms with Crippen LogP contribution in [0.2, 0.25) is 0 Å². The molecule has 2 rings (SSSR count). The molecule has 0 fully saturated rings. The molecule has 2 aromatic carbocycles. The predicted octanol–water partition coefficient (Wildman–Crippen LogP) is 2.77. The number of hydrogen-bond acceptors (Lipinski definition) is 3. The van der Waals surface area contributed by atoms with Crippen LogP contribution in [0, 0.1) is 6.92 Å². The lowest BCUT2D eigenvalue weighted by Crippen LogP contribution is -2.41. The Labute approximate surface area is 148 Å². The zero-order chi connectivity index (χ0) is 18.1. The van der Waals surface area contributed by atoms with Gasteiger partial charge in [0.25, 0.3) is 0 Å². The summed E-state index contributed by atoms with van der Waals surface area (Å²) in [6.45, 7) is 2.79. The summed E-state index contributed by atoms with van der Waals surface area (Å²) in [4.78, 5) is 25.9. The van der Waals surface area contributed by atoms with Crippen molar-refractivity contribution in [3.63, 3.8) is 0 Å². The Morgan fingerprint density at radius 3 is 2.36 bits per heavy atom. The zero-order valence-corrected chi connectivity index (χ0v) is 14.4. The van der Waals surface area contributed by atoms with E-state index in [2.05, 4.69) is 5.32 Å². The van der Waals surface area contributed by atoms with E-state index < -0.39 is 0 Å². The fourth-order valence-electron chi connectivity index (χ4n) is 2.46. The van der Waals surface area contributed by atoms with Crippen molar-refractivity contribution in [1.29, 1.82) is 0 Å². The standard InChI is InChI=1S/C20H24N2O3/c1-16-7-9-18(10-8-16)19(24)11-12-21-20(25)22(13-14-23)15-17-5-3-2-4-6-17/h2-10,23H,11-15H2,1H3,(H,21,25). The van der Waals surface area contributed by atoms with Crippen molar-refractivity contribution >= 4 is 11.8 Å². The van der Waals surface area contributed by atoms with Gasteiger partial charge in [0, 0.05) is 31.6 Å². The molecule has 0 atom stereocenters. The van der Waals surface area contributed by atoms with Gasteiger partial charge < -0.3 is 15.3 Å². The van der Waals surface area contributed by atoms with Gasteiger partial charge in [-0.2, -0.15) is 0 Å². The van der Waals surface area contributed by atoms with E-state index in [1.807, 2.05) is 49.4 Å². The van der Waals surface area contributed by atoms with Crippen LogP contribution >= 0.6 is 0 Å². The highest BCUT2D eigenvalue weighted by molar-refractivity contribution is 5.96. The van der Waals surface area contributed by atoms with Crippen molar-refractivity contribution in [1.82, 2.24) is 10.2 Å². The van der Waals surface area contributed by atoms with Crippen LogP contribution in [0.15, 0.2) is 54.6 Å². The first-order chi connectivity index (χ1) is 12.1. The molecule has 0 heterocycles. The van der Waals surface area contributed by atoms with Crippen molar-refractivity contribution in [2.45, 2.75) is 19.9 Å². The predicted molar refractivity (Wildman–Crippen MR) is 97.5 cm³/mol. The van der Waals surface area contributed by atoms with E-state index in [-0.39, 0.29) is 37.9 Å². The molecule has 0 unspecified atom stereocenters. The molecule has 0 aliphatic heterocycles. The number of benzene rings is 2. The summed E-state index contributed by atoms with van der Waals surface area (Å²) in [5.74, 6) is -0.00272. The number of aryl methyl sites for hydroxylation is 1. The highest BCUT2D eigenvalue weighted by Gasteiger charge is 2.14. The molecule has 2 amide bonds. The minimum atomic E-state index is -0.283. The second-order valence-corrected chi connectivity index (χ2v) is 5.90. The number of nitrogens with one attached hydrogen (secondary N) is 1. The fraction of sp³-hybridized carbons (Fsp3) is 0.300. The molecule has 0 bridgehead atoms. The maximum Gasteiger partial charge on any atom is 0.317 e. The highest BCUT2D eigenvalue weighted by atomic mass is 16.3. The molecule has 0 spiro atoms. The van der Waals surface area contributed by atoms with Crippen LogP contribution in [0.4, 0.5) is 4.79 Å². The molecule has 132 valence electrons. The molecule has 0 saturated heterocycles. The van der Waals surface area contributed by atoms with E-state index >= 15 is 0 Å². The Morgan fingerprint density at radius 2 is 1.72 bits per heavy atom. The second kappa shape index (κ2) is 9.59. The van der Waals surface area contributed by atoms with Gasteiger partial charge in [-0.15, -0.1) is 0 Å². The summed E-state index contributed by atoms with van der Waals surface area (Å²) in [6, 6.07) is 16.7. The Hall–Kier alpha value is -2.66. The van der Waals surface area contributed by atoms with Crippen LogP contribution in [0.1, 0.15) is 27.9 Å². The molecule has 0 aromatic heterocycles. The SMILES string of the molecule is Cc1ccc(C(=O)CCNC(=O)N(CCO)Cc2ccccc2)cc1. The third-order valence-electron chi connectivity index (χ3n) is 3.88. The second-order valence-electron chi connectivity index (χ2n) is 5.90. The number of Topliss-reactive ketones (excluding diaryl/α,β-unsaturated/α-hetero) is 1. The van der Waals surface area contributed by atoms with Gasteiger partial charge in [0.05, 0.1) is 6.61 Å². The van der Waals surface area contributed by atoms with Gasteiger partial charge in [0.1, 0.15) is 0 Å². The summed E-state index contributed by atoms with van der Waals surface area (Å²) in [5.41, 5.74) is 2.74. The molecule has 0 aliphatic rings. The minimum Gasteiger partial charge on any atom is -0.395 e. The van der Waals surface area contributed by atoms with Crippen LogP contribution < -0.4 is 5.32 Å². The van der Waals surface area contributed by atoms with Crippen molar-refractivity contribution in [2.24, 2.45) is 0 Å². The van der Waals surface area contributed by atoms with Crippen LogP contribution in [0.3, 0.4) is 0 Å². The van der Waals surface area contributed by atoms with Crippen LogP contribution in [-0.4, -0.2) is 41.5 Å². The first-order valence-corrected chi connectivity index (χ1v) is 8.37. The highest BCUT2D eigenvalue weighted by Crippen LogP contribution is 2.07. The largest absolute Gasteiger partial charge is 0.395 e. The average molecular weight is 340 g/mol. The average Bonchev–Trinajstić information content (AvgIpc) is 2.62. The van der Waals surface area contributed by atoms with E-state index in [1.165, 1.54) is 4.90 Å². The van der Waals surface area contributed by atoms with Gasteiger partial charge in [-0.25, -0.2) is 4.79 Å². The molecule has 0 radical (unpaired) electrons. The number of aliphatic hydroxyl groups excluding tert-OH is 1. The molecular formula is C20H24N2O3. The van der Waals surface area contributed by atoms with Gasteiger partial charge >= 0.3 is 6.03 Å². The fourth-order valence-corrected chi connectivity index (χ4v) is 2.46. The van der Waals surface area contributed by atoms with Crippen molar-refractivity contribution in [2.75, 3.05) is 19.7 Å². The quantitative estimate of drug-likeness (QED) is 0.726. The Balaban J connectivity index is 1.84. The van der Waals surface area contributed by atoms with E-state index in [4.69, 9.17) is 0 Å². The number of urea groups is 1. The van der Waals surface area contributed by atoms with Gasteiger partial charge in [0.2, 0.25) is 0 Å². The molecular weight excluding hydrogens is 316 g/mol.